The molecular formula is C7H7NO2. The van der Waals surface area contributed by atoms with Gasteiger partial charge in [0.15, 0.2) is 6.10 Å². The summed E-state index contributed by atoms with van der Waals surface area (Å²) >= 11 is 0. The normalized spacial score (nSPS) is 12.4. The lowest BCUT2D eigenvalue weighted by Gasteiger charge is -2.01. The third-order valence-corrected chi connectivity index (χ3v) is 1.13. The third kappa shape index (κ3) is 1.18. The van der Waals surface area contributed by atoms with Gasteiger partial charge in [0, 0.05) is 5.56 Å². The Morgan fingerprint density at radius 3 is 3.00 bits per heavy atom. The first kappa shape index (κ1) is 6.87. The molecule has 1 rings (SSSR count). The summed E-state index contributed by atoms with van der Waals surface area (Å²) in [4.78, 5) is 4.45. The molecule has 0 radical (unpaired) electrons. The van der Waals surface area contributed by atoms with Gasteiger partial charge in [-0.1, -0.05) is 5.92 Å². The fraction of sp³-hybridized carbons (Fsp3) is 0.143. The average molecular weight is 137 g/mol. The van der Waals surface area contributed by atoms with Crippen LogP contribution in [0.15, 0.2) is 23.0 Å². The molecule has 0 aliphatic carbocycles. The summed E-state index contributed by atoms with van der Waals surface area (Å²) in [6.07, 6.45) is 7.59. The smallest absolute Gasteiger partial charge is 0.167 e. The van der Waals surface area contributed by atoms with Crippen LogP contribution in [0.5, 0.6) is 0 Å². The molecule has 1 aromatic rings. The SMILES string of the molecule is C#CC(ON)c1ccoc1. The Hall–Kier alpha value is -1.24. The second-order valence-electron chi connectivity index (χ2n) is 1.74. The zero-order chi connectivity index (χ0) is 7.40. The van der Waals surface area contributed by atoms with Crippen LogP contribution in [0.3, 0.4) is 0 Å². The van der Waals surface area contributed by atoms with Crippen LogP contribution >= 0.6 is 0 Å². The van der Waals surface area contributed by atoms with Crippen LogP contribution in [0.4, 0.5) is 0 Å². The number of furan rings is 1. The zero-order valence-corrected chi connectivity index (χ0v) is 5.28. The van der Waals surface area contributed by atoms with Gasteiger partial charge in [-0.05, 0) is 6.07 Å². The van der Waals surface area contributed by atoms with Gasteiger partial charge in [0.25, 0.3) is 0 Å². The first-order chi connectivity index (χ1) is 4.88. The van der Waals surface area contributed by atoms with Gasteiger partial charge in [0.1, 0.15) is 0 Å². The molecular weight excluding hydrogens is 130 g/mol. The minimum atomic E-state index is -0.501. The topological polar surface area (TPSA) is 48.4 Å². The van der Waals surface area contributed by atoms with Crippen molar-refractivity contribution in [2.24, 2.45) is 5.90 Å². The number of nitrogens with two attached hydrogens (primary N) is 1. The second-order valence-corrected chi connectivity index (χ2v) is 1.74. The highest BCUT2D eigenvalue weighted by atomic mass is 16.6. The first-order valence-electron chi connectivity index (χ1n) is 2.72. The molecule has 0 aliphatic rings. The summed E-state index contributed by atoms with van der Waals surface area (Å²) < 4.78 is 4.77. The molecule has 10 heavy (non-hydrogen) atoms. The molecule has 2 N–H and O–H groups in total. The quantitative estimate of drug-likeness (QED) is 0.485. The molecule has 0 fully saturated rings. The van der Waals surface area contributed by atoms with E-state index in [4.69, 9.17) is 16.7 Å². The van der Waals surface area contributed by atoms with E-state index >= 15 is 0 Å². The predicted molar refractivity (Wildman–Crippen MR) is 35.6 cm³/mol. The molecule has 1 heterocycles. The van der Waals surface area contributed by atoms with E-state index in [9.17, 15) is 0 Å². The van der Waals surface area contributed by atoms with Gasteiger partial charge in [-0.2, -0.15) is 0 Å². The Kier molecular flexibility index (Phi) is 2.11. The van der Waals surface area contributed by atoms with Gasteiger partial charge in [-0.3, -0.25) is 4.84 Å². The van der Waals surface area contributed by atoms with Crippen molar-refractivity contribution in [2.45, 2.75) is 6.10 Å². The van der Waals surface area contributed by atoms with Crippen molar-refractivity contribution < 1.29 is 9.25 Å². The molecule has 1 aromatic heterocycles. The fourth-order valence-corrected chi connectivity index (χ4v) is 0.638. The molecule has 0 saturated carbocycles. The third-order valence-electron chi connectivity index (χ3n) is 1.13. The van der Waals surface area contributed by atoms with Crippen molar-refractivity contribution in [1.82, 2.24) is 0 Å². The maximum Gasteiger partial charge on any atom is 0.167 e. The van der Waals surface area contributed by atoms with Crippen molar-refractivity contribution in [1.29, 1.82) is 0 Å². The summed E-state index contributed by atoms with van der Waals surface area (Å²) in [6, 6.07) is 1.71. The average Bonchev–Trinajstić information content (AvgIpc) is 2.43. The Balaban J connectivity index is 2.76. The van der Waals surface area contributed by atoms with Gasteiger partial charge in [0.2, 0.25) is 0 Å². The highest BCUT2D eigenvalue weighted by Crippen LogP contribution is 2.13. The summed E-state index contributed by atoms with van der Waals surface area (Å²) in [5, 5.41) is 0. The van der Waals surface area contributed by atoms with E-state index in [0.717, 1.165) is 5.56 Å². The van der Waals surface area contributed by atoms with Crippen LogP contribution < -0.4 is 5.90 Å². The Morgan fingerprint density at radius 2 is 2.60 bits per heavy atom. The molecule has 0 saturated heterocycles. The molecule has 0 aromatic carbocycles. The zero-order valence-electron chi connectivity index (χ0n) is 5.28. The monoisotopic (exact) mass is 137 g/mol. The van der Waals surface area contributed by atoms with Gasteiger partial charge >= 0.3 is 0 Å². The number of hydrogen-bond donors (Lipinski definition) is 1. The Morgan fingerprint density at radius 1 is 1.80 bits per heavy atom. The predicted octanol–water partition coefficient (Wildman–Crippen LogP) is 0.844. The van der Waals surface area contributed by atoms with Crippen molar-refractivity contribution >= 4 is 0 Å². The molecule has 0 amide bonds. The van der Waals surface area contributed by atoms with E-state index < -0.39 is 6.10 Å². The van der Waals surface area contributed by atoms with Gasteiger partial charge in [-0.15, -0.1) is 6.42 Å². The lowest BCUT2D eigenvalue weighted by atomic mass is 10.2. The van der Waals surface area contributed by atoms with Gasteiger partial charge < -0.3 is 4.42 Å². The lowest BCUT2D eigenvalue weighted by molar-refractivity contribution is 0.0931. The van der Waals surface area contributed by atoms with E-state index in [-0.39, 0.29) is 0 Å². The Bertz CT molecular complexity index is 222. The molecule has 0 bridgehead atoms. The summed E-state index contributed by atoms with van der Waals surface area (Å²) in [5.41, 5.74) is 0.755. The van der Waals surface area contributed by atoms with E-state index in [1.54, 1.807) is 6.07 Å². The number of hydrogen-bond acceptors (Lipinski definition) is 3. The maximum absolute atomic E-state index is 5.08. The van der Waals surface area contributed by atoms with Crippen LogP contribution in [0.2, 0.25) is 0 Å². The van der Waals surface area contributed by atoms with E-state index in [0.29, 0.717) is 0 Å². The van der Waals surface area contributed by atoms with Gasteiger partial charge in [0.05, 0.1) is 12.5 Å². The van der Waals surface area contributed by atoms with E-state index in [1.807, 2.05) is 0 Å². The van der Waals surface area contributed by atoms with Crippen molar-refractivity contribution in [2.75, 3.05) is 0 Å². The highest BCUT2D eigenvalue weighted by Gasteiger charge is 2.06. The van der Waals surface area contributed by atoms with Crippen LogP contribution in [-0.2, 0) is 4.84 Å². The molecule has 0 aliphatic heterocycles. The highest BCUT2D eigenvalue weighted by molar-refractivity contribution is 5.18. The molecule has 1 unspecified atom stereocenters. The summed E-state index contributed by atoms with van der Waals surface area (Å²) in [5.74, 6) is 7.24. The van der Waals surface area contributed by atoms with E-state index in [1.165, 1.54) is 12.5 Å². The molecule has 52 valence electrons. The molecule has 3 heteroatoms. The molecule has 1 atom stereocenters. The van der Waals surface area contributed by atoms with Crippen molar-refractivity contribution in [3.8, 4) is 12.3 Å². The fourth-order valence-electron chi connectivity index (χ4n) is 0.638. The maximum atomic E-state index is 5.08. The lowest BCUT2D eigenvalue weighted by Crippen LogP contribution is -2.05. The number of rotatable bonds is 2. The van der Waals surface area contributed by atoms with Gasteiger partial charge in [-0.25, -0.2) is 5.90 Å². The minimum Gasteiger partial charge on any atom is -0.472 e. The van der Waals surface area contributed by atoms with Crippen LogP contribution in [0.25, 0.3) is 0 Å². The van der Waals surface area contributed by atoms with Crippen LogP contribution in [0.1, 0.15) is 11.7 Å². The first-order valence-corrected chi connectivity index (χ1v) is 2.72. The minimum absolute atomic E-state index is 0.501. The summed E-state index contributed by atoms with van der Waals surface area (Å²) in [7, 11) is 0. The molecule has 0 spiro atoms. The standard InChI is InChI=1S/C7H7NO2/c1-2-7(10-8)6-3-4-9-5-6/h1,3-5,7H,8H2. The van der Waals surface area contributed by atoms with Crippen LogP contribution in [0, 0.1) is 12.3 Å². The summed E-state index contributed by atoms with van der Waals surface area (Å²) in [6.45, 7) is 0. The molecule has 3 nitrogen and oxygen atoms in total. The van der Waals surface area contributed by atoms with E-state index in [2.05, 4.69) is 10.8 Å². The van der Waals surface area contributed by atoms with Crippen LogP contribution in [-0.4, -0.2) is 0 Å². The number of terminal acetylenes is 1. The van der Waals surface area contributed by atoms with Crippen molar-refractivity contribution in [3.63, 3.8) is 0 Å². The largest absolute Gasteiger partial charge is 0.472 e. The Labute approximate surface area is 58.7 Å². The second kappa shape index (κ2) is 3.06. The van der Waals surface area contributed by atoms with Crippen molar-refractivity contribution in [3.05, 3.63) is 24.2 Å².